The Morgan fingerprint density at radius 2 is 1.66 bits per heavy atom. The van der Waals surface area contributed by atoms with E-state index in [2.05, 4.69) is 19.9 Å². The van der Waals surface area contributed by atoms with E-state index in [9.17, 15) is 0 Å². The molecule has 29 heavy (non-hydrogen) atoms. The first-order chi connectivity index (χ1) is 14.2. The third kappa shape index (κ3) is 5.08. The number of rotatable bonds is 7. The lowest BCUT2D eigenvalue weighted by atomic mass is 9.63. The van der Waals surface area contributed by atoms with E-state index in [1.807, 2.05) is 6.07 Å². The molecule has 0 saturated heterocycles. The Morgan fingerprint density at radius 1 is 0.828 bits per heavy atom. The molecule has 0 nitrogen and oxygen atoms in total. The Labute approximate surface area is 179 Å². The van der Waals surface area contributed by atoms with Gasteiger partial charge in [0.05, 0.1) is 0 Å². The molecular formula is C28H43F. The van der Waals surface area contributed by atoms with Crippen molar-refractivity contribution in [1.29, 1.82) is 0 Å². The normalized spacial score (nSPS) is 31.9. The molecule has 4 rings (SSSR count). The predicted molar refractivity (Wildman–Crippen MR) is 122 cm³/mol. The van der Waals surface area contributed by atoms with E-state index < -0.39 is 0 Å². The van der Waals surface area contributed by atoms with E-state index >= 15 is 4.39 Å². The van der Waals surface area contributed by atoms with Gasteiger partial charge in [0.25, 0.3) is 0 Å². The number of hydrogen-bond acceptors (Lipinski definition) is 0. The molecule has 0 spiro atoms. The van der Waals surface area contributed by atoms with E-state index in [1.54, 1.807) is 0 Å². The molecule has 5 atom stereocenters. The third-order valence-electron chi connectivity index (χ3n) is 8.73. The van der Waals surface area contributed by atoms with Crippen LogP contribution < -0.4 is 0 Å². The van der Waals surface area contributed by atoms with Crippen molar-refractivity contribution in [3.05, 3.63) is 34.6 Å². The zero-order chi connectivity index (χ0) is 20.2. The number of aryl methyl sites for hydroxylation is 1. The molecule has 0 aliphatic heterocycles. The second-order valence-corrected chi connectivity index (χ2v) is 10.7. The van der Waals surface area contributed by atoms with Gasteiger partial charge in [0.15, 0.2) is 0 Å². The summed E-state index contributed by atoms with van der Waals surface area (Å²) in [4.78, 5) is 0. The monoisotopic (exact) mass is 398 g/mol. The van der Waals surface area contributed by atoms with Gasteiger partial charge in [0, 0.05) is 0 Å². The number of hydrogen-bond donors (Lipinski definition) is 0. The first-order valence-corrected chi connectivity index (χ1v) is 13.0. The second-order valence-electron chi connectivity index (χ2n) is 10.7. The Kier molecular flexibility index (Phi) is 7.35. The number of fused-ring (bicyclic) bond motifs is 2. The van der Waals surface area contributed by atoms with Crippen molar-refractivity contribution in [3.8, 4) is 0 Å². The molecule has 0 radical (unpaired) electrons. The van der Waals surface area contributed by atoms with Crippen molar-refractivity contribution in [2.75, 3.05) is 0 Å². The lowest BCUT2D eigenvalue weighted by Gasteiger charge is -2.42. The van der Waals surface area contributed by atoms with E-state index in [1.165, 1.54) is 94.6 Å². The molecule has 0 N–H and O–H groups in total. The van der Waals surface area contributed by atoms with Gasteiger partial charge < -0.3 is 0 Å². The predicted octanol–water partition coefficient (Wildman–Crippen LogP) is 8.61. The van der Waals surface area contributed by atoms with Crippen LogP contribution in [-0.4, -0.2) is 0 Å². The van der Waals surface area contributed by atoms with Crippen molar-refractivity contribution in [3.63, 3.8) is 0 Å². The molecular weight excluding hydrogens is 355 g/mol. The second kappa shape index (κ2) is 9.97. The molecule has 2 saturated carbocycles. The van der Waals surface area contributed by atoms with Crippen LogP contribution in [0.5, 0.6) is 0 Å². The molecule has 3 aliphatic rings. The van der Waals surface area contributed by atoms with Crippen molar-refractivity contribution >= 4 is 0 Å². The van der Waals surface area contributed by atoms with Crippen molar-refractivity contribution in [2.24, 2.45) is 23.7 Å². The highest BCUT2D eigenvalue weighted by Gasteiger charge is 2.36. The van der Waals surface area contributed by atoms with Crippen molar-refractivity contribution in [2.45, 2.75) is 116 Å². The molecule has 162 valence electrons. The Bertz CT molecular complexity index is 663. The van der Waals surface area contributed by atoms with Crippen LogP contribution >= 0.6 is 0 Å². The van der Waals surface area contributed by atoms with Gasteiger partial charge in [-0.3, -0.25) is 0 Å². The molecule has 1 aromatic carbocycles. The van der Waals surface area contributed by atoms with Crippen LogP contribution in [0.3, 0.4) is 0 Å². The number of unbranched alkanes of at least 4 members (excludes halogenated alkanes) is 2. The van der Waals surface area contributed by atoms with Gasteiger partial charge in [0.2, 0.25) is 0 Å². The standard InChI is InChI=1S/C28H43F/c1-3-5-6-8-21-10-12-25-18-26(19-28(29)27(25)16-21)24-14-13-22-15-20(7-4-2)9-11-23(22)17-24/h18-24H,3-17H2,1-2H3. The van der Waals surface area contributed by atoms with Gasteiger partial charge in [-0.25, -0.2) is 4.39 Å². The molecule has 0 amide bonds. The van der Waals surface area contributed by atoms with Crippen molar-refractivity contribution < 1.29 is 4.39 Å². The molecule has 5 unspecified atom stereocenters. The maximum atomic E-state index is 15.1. The fourth-order valence-electron chi connectivity index (χ4n) is 7.04. The van der Waals surface area contributed by atoms with E-state index in [0.29, 0.717) is 11.8 Å². The molecule has 3 aliphatic carbocycles. The Morgan fingerprint density at radius 3 is 2.48 bits per heavy atom. The van der Waals surface area contributed by atoms with Crippen LogP contribution in [0.25, 0.3) is 0 Å². The van der Waals surface area contributed by atoms with E-state index in [0.717, 1.165) is 36.2 Å². The zero-order valence-corrected chi connectivity index (χ0v) is 19.0. The topological polar surface area (TPSA) is 0 Å². The molecule has 0 bridgehead atoms. The van der Waals surface area contributed by atoms with Crippen LogP contribution in [-0.2, 0) is 12.8 Å². The summed E-state index contributed by atoms with van der Waals surface area (Å²) in [6.45, 7) is 4.60. The number of benzene rings is 1. The molecule has 0 heterocycles. The van der Waals surface area contributed by atoms with E-state index in [4.69, 9.17) is 0 Å². The smallest absolute Gasteiger partial charge is 0.126 e. The minimum atomic E-state index is 0.117. The average Bonchev–Trinajstić information content (AvgIpc) is 2.74. The highest BCUT2D eigenvalue weighted by atomic mass is 19.1. The summed E-state index contributed by atoms with van der Waals surface area (Å²) >= 11 is 0. The lowest BCUT2D eigenvalue weighted by molar-refractivity contribution is 0.114. The Balaban J connectivity index is 1.39. The van der Waals surface area contributed by atoms with Crippen LogP contribution in [0.1, 0.15) is 120 Å². The van der Waals surface area contributed by atoms with Gasteiger partial charge >= 0.3 is 0 Å². The first kappa shape index (κ1) is 21.4. The van der Waals surface area contributed by atoms with Gasteiger partial charge in [-0.15, -0.1) is 0 Å². The van der Waals surface area contributed by atoms with Crippen molar-refractivity contribution in [1.82, 2.24) is 0 Å². The largest absolute Gasteiger partial charge is 0.207 e. The van der Waals surface area contributed by atoms with Crippen LogP contribution in [0, 0.1) is 29.5 Å². The maximum Gasteiger partial charge on any atom is 0.126 e. The average molecular weight is 399 g/mol. The minimum absolute atomic E-state index is 0.117. The zero-order valence-electron chi connectivity index (χ0n) is 19.0. The molecule has 1 heteroatoms. The van der Waals surface area contributed by atoms with E-state index in [-0.39, 0.29) is 5.82 Å². The fourth-order valence-corrected chi connectivity index (χ4v) is 7.04. The number of halogens is 1. The Hall–Kier alpha value is -0.850. The third-order valence-corrected chi connectivity index (χ3v) is 8.73. The SMILES string of the molecule is CCCCCC1CCc2cc(C3CCC4CC(CCC)CCC4C3)cc(F)c2C1. The van der Waals surface area contributed by atoms with Gasteiger partial charge in [0.1, 0.15) is 5.82 Å². The highest BCUT2D eigenvalue weighted by molar-refractivity contribution is 5.37. The van der Waals surface area contributed by atoms with Gasteiger partial charge in [-0.05, 0) is 104 Å². The lowest BCUT2D eigenvalue weighted by Crippen LogP contribution is -2.30. The maximum absolute atomic E-state index is 15.1. The summed E-state index contributed by atoms with van der Waals surface area (Å²) < 4.78 is 15.1. The summed E-state index contributed by atoms with van der Waals surface area (Å²) in [5.41, 5.74) is 3.75. The fraction of sp³-hybridized carbons (Fsp3) is 0.786. The van der Waals surface area contributed by atoms with Crippen LogP contribution in [0.15, 0.2) is 12.1 Å². The van der Waals surface area contributed by atoms with Crippen LogP contribution in [0.2, 0.25) is 0 Å². The summed E-state index contributed by atoms with van der Waals surface area (Å²) in [6, 6.07) is 4.37. The minimum Gasteiger partial charge on any atom is -0.207 e. The quantitative estimate of drug-likeness (QED) is 0.403. The molecule has 2 fully saturated rings. The van der Waals surface area contributed by atoms with Gasteiger partial charge in [-0.2, -0.15) is 0 Å². The summed E-state index contributed by atoms with van der Waals surface area (Å²) in [5.74, 6) is 4.30. The summed E-state index contributed by atoms with van der Waals surface area (Å²) in [5, 5.41) is 0. The first-order valence-electron chi connectivity index (χ1n) is 13.0. The molecule has 1 aromatic rings. The van der Waals surface area contributed by atoms with Crippen LogP contribution in [0.4, 0.5) is 4.39 Å². The summed E-state index contributed by atoms with van der Waals surface area (Å²) in [6.07, 6.45) is 19.7. The highest BCUT2D eigenvalue weighted by Crippen LogP contribution is 2.48. The molecule has 0 aromatic heterocycles. The van der Waals surface area contributed by atoms with Gasteiger partial charge in [-0.1, -0.05) is 64.9 Å². The summed E-state index contributed by atoms with van der Waals surface area (Å²) in [7, 11) is 0.